The molecule has 0 saturated carbocycles. The zero-order valence-corrected chi connectivity index (χ0v) is 7.57. The second-order valence-corrected chi connectivity index (χ2v) is 2.07. The van der Waals surface area contributed by atoms with Crippen molar-refractivity contribution in [1.29, 1.82) is 0 Å². The molecule has 2 heterocycles. The fourth-order valence-electron chi connectivity index (χ4n) is 0.873. The van der Waals surface area contributed by atoms with Crippen molar-refractivity contribution < 1.29 is 0 Å². The van der Waals surface area contributed by atoms with E-state index in [1.807, 2.05) is 13.8 Å². The van der Waals surface area contributed by atoms with Crippen LogP contribution in [0.1, 0.15) is 13.8 Å². The van der Waals surface area contributed by atoms with E-state index in [-0.39, 0.29) is 5.95 Å². The van der Waals surface area contributed by atoms with Crippen LogP contribution in [0.5, 0.6) is 0 Å². The van der Waals surface area contributed by atoms with Crippen LogP contribution in [0.2, 0.25) is 0 Å². The Morgan fingerprint density at radius 2 is 1.92 bits per heavy atom. The Balaban J connectivity index is 0.000000396. The standard InChI is InChI=1S/C5H6N6.C2H6/c6-3-2-4(9-1-8-2)11-5(7)10-3;1-2/h1H,(H5,6,7,8,9,10,11);1-2H3. The van der Waals surface area contributed by atoms with Crippen LogP contribution in [-0.2, 0) is 0 Å². The molecule has 0 amide bonds. The molecule has 0 aliphatic carbocycles. The van der Waals surface area contributed by atoms with Gasteiger partial charge < -0.3 is 16.5 Å². The fraction of sp³-hybridized carbons (Fsp3) is 0.286. The number of rotatable bonds is 0. The summed E-state index contributed by atoms with van der Waals surface area (Å²) in [5.41, 5.74) is 11.9. The molecule has 0 radical (unpaired) electrons. The van der Waals surface area contributed by atoms with E-state index in [0.717, 1.165) is 0 Å². The fourth-order valence-corrected chi connectivity index (χ4v) is 0.873. The van der Waals surface area contributed by atoms with Crippen LogP contribution in [0.4, 0.5) is 11.8 Å². The van der Waals surface area contributed by atoms with Crippen LogP contribution in [-0.4, -0.2) is 19.9 Å². The highest BCUT2D eigenvalue weighted by molar-refractivity contribution is 5.81. The van der Waals surface area contributed by atoms with Gasteiger partial charge in [-0.05, 0) is 0 Å². The van der Waals surface area contributed by atoms with E-state index >= 15 is 0 Å². The molecule has 0 aliphatic rings. The number of aromatic nitrogens is 4. The predicted octanol–water partition coefficient (Wildman–Crippen LogP) is 0.543. The molecule has 0 aliphatic heterocycles. The summed E-state index contributed by atoms with van der Waals surface area (Å²) < 4.78 is 0. The first-order valence-corrected chi connectivity index (χ1v) is 3.99. The molecule has 5 N–H and O–H groups in total. The zero-order chi connectivity index (χ0) is 9.84. The number of H-pyrrole nitrogens is 1. The lowest BCUT2D eigenvalue weighted by molar-refractivity contribution is 1.22. The number of nitrogens with zero attached hydrogens (tertiary/aromatic N) is 3. The average molecular weight is 180 g/mol. The van der Waals surface area contributed by atoms with E-state index in [9.17, 15) is 0 Å². The van der Waals surface area contributed by atoms with Gasteiger partial charge in [-0.1, -0.05) is 13.8 Å². The first kappa shape index (κ1) is 9.24. The molecule has 13 heavy (non-hydrogen) atoms. The van der Waals surface area contributed by atoms with Crippen molar-refractivity contribution in [3.8, 4) is 0 Å². The van der Waals surface area contributed by atoms with Crippen LogP contribution >= 0.6 is 0 Å². The smallest absolute Gasteiger partial charge is 0.224 e. The number of hydrogen-bond acceptors (Lipinski definition) is 5. The van der Waals surface area contributed by atoms with Gasteiger partial charge in [-0.3, -0.25) is 0 Å². The lowest BCUT2D eigenvalue weighted by Gasteiger charge is -1.94. The quantitative estimate of drug-likeness (QED) is 0.548. The van der Waals surface area contributed by atoms with Gasteiger partial charge in [-0.15, -0.1) is 0 Å². The molecule has 0 fully saturated rings. The molecular weight excluding hydrogens is 168 g/mol. The Bertz CT molecular complexity index is 393. The predicted molar refractivity (Wildman–Crippen MR) is 51.9 cm³/mol. The number of aromatic amines is 1. The summed E-state index contributed by atoms with van der Waals surface area (Å²) in [5.74, 6) is 0.465. The average Bonchev–Trinajstić information content (AvgIpc) is 2.55. The SMILES string of the molecule is CC.Nc1nc(N)c2[nH]cnc2n1. The molecule has 2 rings (SSSR count). The minimum Gasteiger partial charge on any atom is -0.382 e. The van der Waals surface area contributed by atoms with Gasteiger partial charge >= 0.3 is 0 Å². The Kier molecular flexibility index (Phi) is 2.63. The highest BCUT2D eigenvalue weighted by Crippen LogP contribution is 2.12. The summed E-state index contributed by atoms with van der Waals surface area (Å²) in [6.45, 7) is 4.00. The molecule has 70 valence electrons. The summed E-state index contributed by atoms with van der Waals surface area (Å²) in [7, 11) is 0. The topological polar surface area (TPSA) is 106 Å². The Morgan fingerprint density at radius 3 is 2.62 bits per heavy atom. The maximum Gasteiger partial charge on any atom is 0.224 e. The number of imidazole rings is 1. The first-order chi connectivity index (χ1) is 6.27. The summed E-state index contributed by atoms with van der Waals surface area (Å²) >= 11 is 0. The van der Waals surface area contributed by atoms with E-state index < -0.39 is 0 Å². The van der Waals surface area contributed by atoms with Crippen LogP contribution in [0, 0.1) is 0 Å². The molecule has 0 aromatic carbocycles. The van der Waals surface area contributed by atoms with Gasteiger partial charge in [0.25, 0.3) is 0 Å². The van der Waals surface area contributed by atoms with Gasteiger partial charge in [0.05, 0.1) is 6.33 Å². The minimum atomic E-state index is 0.141. The van der Waals surface area contributed by atoms with Gasteiger partial charge in [0.1, 0.15) is 5.52 Å². The molecule has 2 aromatic rings. The summed E-state index contributed by atoms with van der Waals surface area (Å²) in [4.78, 5) is 14.3. The van der Waals surface area contributed by atoms with Gasteiger partial charge in [0, 0.05) is 0 Å². The van der Waals surface area contributed by atoms with Crippen LogP contribution < -0.4 is 11.5 Å². The molecule has 0 saturated heterocycles. The maximum absolute atomic E-state index is 5.50. The number of nitrogens with one attached hydrogen (secondary N) is 1. The van der Waals surface area contributed by atoms with Crippen molar-refractivity contribution >= 4 is 22.9 Å². The molecule has 0 spiro atoms. The van der Waals surface area contributed by atoms with Crippen molar-refractivity contribution in [2.45, 2.75) is 13.8 Å². The van der Waals surface area contributed by atoms with E-state index in [1.54, 1.807) is 0 Å². The van der Waals surface area contributed by atoms with Crippen molar-refractivity contribution in [2.24, 2.45) is 0 Å². The van der Waals surface area contributed by atoms with Crippen LogP contribution in [0.3, 0.4) is 0 Å². The third kappa shape index (κ3) is 1.66. The van der Waals surface area contributed by atoms with Gasteiger partial charge in [-0.2, -0.15) is 9.97 Å². The lowest BCUT2D eigenvalue weighted by atomic mass is 10.5. The molecular formula is C7H12N6. The highest BCUT2D eigenvalue weighted by atomic mass is 15.1. The van der Waals surface area contributed by atoms with E-state index in [0.29, 0.717) is 17.0 Å². The van der Waals surface area contributed by atoms with E-state index in [2.05, 4.69) is 19.9 Å². The zero-order valence-electron chi connectivity index (χ0n) is 7.57. The van der Waals surface area contributed by atoms with Crippen molar-refractivity contribution in [3.05, 3.63) is 6.33 Å². The number of nitrogens with two attached hydrogens (primary N) is 2. The summed E-state index contributed by atoms with van der Waals surface area (Å²) in [6, 6.07) is 0. The molecule has 0 atom stereocenters. The number of nitrogen functional groups attached to an aromatic ring is 2. The van der Waals surface area contributed by atoms with Gasteiger partial charge in [-0.25, -0.2) is 4.98 Å². The molecule has 0 unspecified atom stereocenters. The minimum absolute atomic E-state index is 0.141. The third-order valence-corrected chi connectivity index (χ3v) is 1.33. The lowest BCUT2D eigenvalue weighted by Crippen LogP contribution is -1.99. The summed E-state index contributed by atoms with van der Waals surface area (Å²) in [5, 5.41) is 0. The number of fused-ring (bicyclic) bond motifs is 1. The van der Waals surface area contributed by atoms with Crippen LogP contribution in [0.15, 0.2) is 6.33 Å². The van der Waals surface area contributed by atoms with Crippen LogP contribution in [0.25, 0.3) is 11.2 Å². The van der Waals surface area contributed by atoms with E-state index in [1.165, 1.54) is 6.33 Å². The van der Waals surface area contributed by atoms with Crippen molar-refractivity contribution in [3.63, 3.8) is 0 Å². The number of anilines is 2. The Labute approximate surface area is 75.4 Å². The highest BCUT2D eigenvalue weighted by Gasteiger charge is 2.03. The second kappa shape index (κ2) is 3.70. The summed E-state index contributed by atoms with van der Waals surface area (Å²) in [6.07, 6.45) is 1.50. The number of hydrogen-bond donors (Lipinski definition) is 3. The van der Waals surface area contributed by atoms with Gasteiger partial charge in [0.2, 0.25) is 5.95 Å². The third-order valence-electron chi connectivity index (χ3n) is 1.33. The van der Waals surface area contributed by atoms with E-state index in [4.69, 9.17) is 11.5 Å². The van der Waals surface area contributed by atoms with Gasteiger partial charge in [0.15, 0.2) is 11.5 Å². The molecule has 6 nitrogen and oxygen atoms in total. The maximum atomic E-state index is 5.50. The normalized spacial score (nSPS) is 9.38. The largest absolute Gasteiger partial charge is 0.382 e. The first-order valence-electron chi connectivity index (χ1n) is 3.99. The second-order valence-electron chi connectivity index (χ2n) is 2.07. The molecule has 0 bridgehead atoms. The monoisotopic (exact) mass is 180 g/mol. The Morgan fingerprint density at radius 1 is 1.23 bits per heavy atom. The Hall–Kier alpha value is -1.85. The molecule has 6 heteroatoms. The van der Waals surface area contributed by atoms with Crippen molar-refractivity contribution in [1.82, 2.24) is 19.9 Å². The van der Waals surface area contributed by atoms with Crippen molar-refractivity contribution in [2.75, 3.05) is 11.5 Å². The molecule has 2 aromatic heterocycles.